The van der Waals surface area contributed by atoms with Crippen molar-refractivity contribution in [2.24, 2.45) is 11.3 Å². The second-order valence-corrected chi connectivity index (χ2v) is 18.9. The van der Waals surface area contributed by atoms with Crippen LogP contribution in [0.4, 0.5) is 4.79 Å². The number of aromatic amines is 1. The van der Waals surface area contributed by atoms with Gasteiger partial charge in [0.25, 0.3) is 0 Å². The van der Waals surface area contributed by atoms with Crippen molar-refractivity contribution in [3.05, 3.63) is 77.0 Å². The summed E-state index contributed by atoms with van der Waals surface area (Å²) in [5.74, 6) is 2.66. The quantitative estimate of drug-likeness (QED) is 0.149. The van der Waals surface area contributed by atoms with E-state index in [1.54, 1.807) is 11.0 Å². The Balaban J connectivity index is 0.814. The Morgan fingerprint density at radius 1 is 0.984 bits per heavy atom. The van der Waals surface area contributed by atoms with Crippen LogP contribution in [-0.2, 0) is 22.6 Å². The lowest BCUT2D eigenvalue weighted by Gasteiger charge is -2.44. The van der Waals surface area contributed by atoms with Crippen LogP contribution in [0.2, 0.25) is 0 Å². The molecule has 0 unspecified atom stereocenters. The first-order chi connectivity index (χ1) is 29.8. The number of carbonyl (C=O) groups excluding carboxylic acids is 3. The molecular weight excluding hydrogens is 783 g/mol. The molecule has 4 aromatic rings. The molecule has 0 radical (unpaired) electrons. The first-order valence-corrected chi connectivity index (χ1v) is 22.3. The smallest absolute Gasteiger partial charge is 0.318 e. The number of urea groups is 1. The van der Waals surface area contributed by atoms with Crippen molar-refractivity contribution < 1.29 is 24.6 Å². The summed E-state index contributed by atoms with van der Waals surface area (Å²) in [6, 6.07) is 15.4. The van der Waals surface area contributed by atoms with E-state index in [-0.39, 0.29) is 49.1 Å². The Kier molecular flexibility index (Phi) is 12.6. The topological polar surface area (TPSA) is 170 Å². The molecule has 4 atom stereocenters. The van der Waals surface area contributed by atoms with Gasteiger partial charge in [0.15, 0.2) is 5.65 Å². The second-order valence-electron chi connectivity index (χ2n) is 18.9. The van der Waals surface area contributed by atoms with E-state index in [9.17, 15) is 24.6 Å². The van der Waals surface area contributed by atoms with Crippen LogP contribution in [0, 0.1) is 23.7 Å². The lowest BCUT2D eigenvalue weighted by atomic mass is 9.83. The summed E-state index contributed by atoms with van der Waals surface area (Å²) < 4.78 is 0. The van der Waals surface area contributed by atoms with E-state index in [0.29, 0.717) is 36.3 Å². The summed E-state index contributed by atoms with van der Waals surface area (Å²) >= 11 is 0. The van der Waals surface area contributed by atoms with Gasteiger partial charge in [-0.1, -0.05) is 51.0 Å². The minimum Gasteiger partial charge on any atom is -0.507 e. The molecule has 2 saturated heterocycles. The third-order valence-corrected chi connectivity index (χ3v) is 13.7. The minimum atomic E-state index is -0.889. The number of nitrogens with zero attached hydrogens (tertiary/aromatic N) is 6. The number of aromatic nitrogens is 3. The number of piperazine rings is 1. The Hall–Kier alpha value is -5.49. The van der Waals surface area contributed by atoms with Crippen molar-refractivity contribution in [3.8, 4) is 29.4 Å². The first-order valence-electron chi connectivity index (χ1n) is 22.3. The molecule has 1 aliphatic carbocycles. The van der Waals surface area contributed by atoms with Crippen LogP contribution >= 0.6 is 0 Å². The van der Waals surface area contributed by atoms with E-state index < -0.39 is 23.6 Å². The highest BCUT2D eigenvalue weighted by Crippen LogP contribution is 2.41. The molecule has 0 bridgehead atoms. The number of β-amino-alcohol motifs (C(OH)–C–C–N with tert-alkyl or cyclic N) is 1. The van der Waals surface area contributed by atoms with E-state index >= 15 is 0 Å². The fraction of sp³-hybridized carbons (Fsp3) is 0.521. The number of benzene rings is 2. The van der Waals surface area contributed by atoms with Gasteiger partial charge >= 0.3 is 6.03 Å². The van der Waals surface area contributed by atoms with Crippen molar-refractivity contribution >= 4 is 28.9 Å². The van der Waals surface area contributed by atoms with Crippen LogP contribution in [0.5, 0.6) is 5.75 Å². The molecule has 2 aromatic heterocycles. The van der Waals surface area contributed by atoms with Gasteiger partial charge in [0.2, 0.25) is 11.8 Å². The lowest BCUT2D eigenvalue weighted by Crippen LogP contribution is -2.61. The molecular formula is C48H61N9O5. The molecule has 4 aliphatic rings. The number of rotatable bonds is 9. The standard InChI is InChI=1S/C48H61N9O5/c1-6-31-11-13-32(14-12-31)27-49-45(60)40-25-35(58)29-57(40)46(61)43(48(3,4)5)51-47(62)55-23-21-54(22-24-55)28-33-15-17-34(18-16-33)56-20-19-38-42(30(56)2)37-26-39(52-53-44(37)50-38)36-9-7-8-10-41(36)59/h1,7-14,26,30,33-35,40,43,58-59H,15-25,27-29H2,2-5H3,(H,49,60)(H,50,53)(H,51,62)/t30-,33-,34-,35-,40+,43-/m1/s1. The number of para-hydroxylation sites is 1. The second kappa shape index (κ2) is 18.1. The average Bonchev–Trinajstić information content (AvgIpc) is 3.85. The van der Waals surface area contributed by atoms with Gasteiger partial charge in [0, 0.05) is 99.5 Å². The maximum Gasteiger partial charge on any atom is 0.318 e. The molecule has 3 fully saturated rings. The van der Waals surface area contributed by atoms with Crippen molar-refractivity contribution in [2.45, 2.75) is 103 Å². The summed E-state index contributed by atoms with van der Waals surface area (Å²) in [5, 5.41) is 37.1. The summed E-state index contributed by atoms with van der Waals surface area (Å²) in [4.78, 5) is 53.2. The molecule has 5 N–H and O–H groups in total. The highest BCUT2D eigenvalue weighted by molar-refractivity contribution is 5.93. The molecule has 328 valence electrons. The predicted octanol–water partition coefficient (Wildman–Crippen LogP) is 4.81. The number of H-pyrrole nitrogens is 1. The minimum absolute atomic E-state index is 0.0250. The van der Waals surface area contributed by atoms with Gasteiger partial charge in [0.1, 0.15) is 17.8 Å². The van der Waals surface area contributed by atoms with Crippen molar-refractivity contribution in [2.75, 3.05) is 45.8 Å². The van der Waals surface area contributed by atoms with Gasteiger partial charge < -0.3 is 35.6 Å². The zero-order valence-corrected chi connectivity index (χ0v) is 36.4. The van der Waals surface area contributed by atoms with E-state index in [2.05, 4.69) is 54.5 Å². The number of likely N-dealkylation sites (tertiary alicyclic amines) is 1. The van der Waals surface area contributed by atoms with E-state index in [1.165, 1.54) is 16.2 Å². The molecule has 1 saturated carbocycles. The number of phenols is 1. The number of terminal acetylenes is 1. The van der Waals surface area contributed by atoms with Crippen LogP contribution in [0.15, 0.2) is 54.6 Å². The van der Waals surface area contributed by atoms with Crippen LogP contribution in [0.25, 0.3) is 22.3 Å². The molecule has 8 rings (SSSR count). The maximum atomic E-state index is 14.2. The van der Waals surface area contributed by atoms with Gasteiger partial charge in [-0.15, -0.1) is 16.6 Å². The van der Waals surface area contributed by atoms with Crippen LogP contribution in [0.3, 0.4) is 0 Å². The predicted molar refractivity (Wildman–Crippen MR) is 238 cm³/mol. The molecule has 0 spiro atoms. The zero-order valence-electron chi connectivity index (χ0n) is 36.4. The summed E-state index contributed by atoms with van der Waals surface area (Å²) in [6.07, 6.45) is 10.3. The number of aliphatic hydroxyl groups excluding tert-OH is 1. The fourth-order valence-corrected chi connectivity index (χ4v) is 10.2. The number of hydrogen-bond donors (Lipinski definition) is 5. The molecule has 62 heavy (non-hydrogen) atoms. The Labute approximate surface area is 364 Å². The molecule has 4 amide bonds. The van der Waals surface area contributed by atoms with Crippen LogP contribution < -0.4 is 10.6 Å². The highest BCUT2D eigenvalue weighted by Gasteiger charge is 2.45. The van der Waals surface area contributed by atoms with Gasteiger partial charge in [0.05, 0.1) is 11.8 Å². The van der Waals surface area contributed by atoms with Crippen LogP contribution in [0.1, 0.15) is 88.2 Å². The number of fused-ring (bicyclic) bond motifs is 3. The Bertz CT molecular complexity index is 2300. The Morgan fingerprint density at radius 2 is 1.71 bits per heavy atom. The van der Waals surface area contributed by atoms with Gasteiger partial charge in [-0.25, -0.2) is 4.79 Å². The van der Waals surface area contributed by atoms with Gasteiger partial charge in [-0.3, -0.25) is 19.4 Å². The number of carbonyl (C=O) groups is 3. The molecule has 14 heteroatoms. The van der Waals surface area contributed by atoms with Crippen molar-refractivity contribution in [1.29, 1.82) is 0 Å². The largest absolute Gasteiger partial charge is 0.507 e. The first kappa shape index (κ1) is 43.2. The molecule has 14 nitrogen and oxygen atoms in total. The normalized spacial score (nSPS) is 24.0. The maximum absolute atomic E-state index is 14.2. The van der Waals surface area contributed by atoms with Crippen molar-refractivity contribution in [1.82, 2.24) is 45.4 Å². The van der Waals surface area contributed by atoms with E-state index in [4.69, 9.17) is 6.42 Å². The third kappa shape index (κ3) is 9.16. The van der Waals surface area contributed by atoms with Gasteiger partial charge in [-0.2, -0.15) is 0 Å². The van der Waals surface area contributed by atoms with E-state index in [0.717, 1.165) is 80.4 Å². The molecule has 2 aromatic carbocycles. The number of aliphatic hydroxyl groups is 1. The fourth-order valence-electron chi connectivity index (χ4n) is 10.2. The number of aromatic hydroxyl groups is 1. The van der Waals surface area contributed by atoms with Gasteiger partial charge in [-0.05, 0) is 85.4 Å². The SMILES string of the molecule is C#Cc1ccc(CNC(=O)[C@@H]2C[C@@H](O)CN2C(=O)[C@@H](NC(=O)N2CCN(C[C@H]3CC[C@H](N4CCc5[nH]c6nnc(-c7ccccc7O)cc6c5[C@H]4C)CC3)CC2)C(C)(C)C)cc1. The van der Waals surface area contributed by atoms with E-state index in [1.807, 2.05) is 63.2 Å². The summed E-state index contributed by atoms with van der Waals surface area (Å²) in [7, 11) is 0. The number of nitrogens with one attached hydrogen (secondary N) is 3. The zero-order chi connectivity index (χ0) is 43.7. The number of phenolic OH excluding ortho intramolecular Hbond substituents is 1. The lowest BCUT2D eigenvalue weighted by molar-refractivity contribution is -0.142. The average molecular weight is 844 g/mol. The molecule has 5 heterocycles. The Morgan fingerprint density at radius 3 is 2.40 bits per heavy atom. The highest BCUT2D eigenvalue weighted by atomic mass is 16.3. The monoisotopic (exact) mass is 843 g/mol. The van der Waals surface area contributed by atoms with Crippen molar-refractivity contribution in [3.63, 3.8) is 0 Å². The number of hydrogen-bond acceptors (Lipinski definition) is 9. The summed E-state index contributed by atoms with van der Waals surface area (Å²) in [6.45, 7) is 13.0. The third-order valence-electron chi connectivity index (χ3n) is 13.7. The molecule has 3 aliphatic heterocycles. The van der Waals surface area contributed by atoms with Crippen LogP contribution in [-0.4, -0.2) is 133 Å². The number of amides is 4. The summed E-state index contributed by atoms with van der Waals surface area (Å²) in [5.41, 5.74) is 5.64.